The van der Waals surface area contributed by atoms with Crippen molar-refractivity contribution in [3.63, 3.8) is 0 Å². The van der Waals surface area contributed by atoms with Crippen molar-refractivity contribution in [3.8, 4) is 22.6 Å². The van der Waals surface area contributed by atoms with Crippen molar-refractivity contribution < 1.29 is 19.0 Å². The van der Waals surface area contributed by atoms with E-state index >= 15 is 0 Å². The predicted molar refractivity (Wildman–Crippen MR) is 141 cm³/mol. The highest BCUT2D eigenvalue weighted by Crippen LogP contribution is 2.34. The van der Waals surface area contributed by atoms with Crippen LogP contribution in [0.1, 0.15) is 31.2 Å². The van der Waals surface area contributed by atoms with Crippen LogP contribution in [0.5, 0.6) is 11.5 Å². The van der Waals surface area contributed by atoms with Gasteiger partial charge in [-0.2, -0.15) is 5.10 Å². The van der Waals surface area contributed by atoms with Crippen molar-refractivity contribution in [2.24, 2.45) is 0 Å². The predicted octanol–water partition coefficient (Wildman–Crippen LogP) is 5.06. The number of fused-ring (bicyclic) bond motifs is 1. The van der Waals surface area contributed by atoms with E-state index in [4.69, 9.17) is 19.2 Å². The number of hydrogen-bond donors (Lipinski definition) is 2. The zero-order valence-corrected chi connectivity index (χ0v) is 21.0. The number of ether oxygens (including phenoxy) is 3. The quantitative estimate of drug-likeness (QED) is 0.348. The summed E-state index contributed by atoms with van der Waals surface area (Å²) in [5.74, 6) is 2.13. The van der Waals surface area contributed by atoms with Crippen LogP contribution in [0.25, 0.3) is 16.8 Å². The molecule has 0 unspecified atom stereocenters. The van der Waals surface area contributed by atoms with Crippen molar-refractivity contribution >= 4 is 17.6 Å². The normalized spacial score (nSPS) is 17.2. The lowest BCUT2D eigenvalue weighted by molar-refractivity contribution is 0.132. The number of nitrogens with zero attached hydrogens (tertiary/aromatic N) is 3. The fourth-order valence-electron chi connectivity index (χ4n) is 4.68. The Labute approximate surface area is 215 Å². The largest absolute Gasteiger partial charge is 0.493 e. The van der Waals surface area contributed by atoms with Crippen LogP contribution >= 0.6 is 0 Å². The average Bonchev–Trinajstić information content (AvgIpc) is 3.36. The molecule has 192 valence electrons. The Bertz CT molecular complexity index is 1350. The Hall–Kier alpha value is -4.27. The minimum absolute atomic E-state index is 0.114. The molecule has 1 amide bonds. The first-order valence-corrected chi connectivity index (χ1v) is 12.4. The van der Waals surface area contributed by atoms with Gasteiger partial charge in [0.2, 0.25) is 0 Å². The highest BCUT2D eigenvalue weighted by molar-refractivity contribution is 5.79. The second-order valence-corrected chi connectivity index (χ2v) is 9.11. The van der Waals surface area contributed by atoms with E-state index in [-0.39, 0.29) is 24.8 Å². The van der Waals surface area contributed by atoms with Gasteiger partial charge >= 0.3 is 6.09 Å². The summed E-state index contributed by atoms with van der Waals surface area (Å²) in [5.41, 5.74) is 3.59. The van der Waals surface area contributed by atoms with Crippen LogP contribution in [0.3, 0.4) is 0 Å². The van der Waals surface area contributed by atoms with Crippen LogP contribution in [-0.4, -0.2) is 47.0 Å². The van der Waals surface area contributed by atoms with Gasteiger partial charge in [0, 0.05) is 23.8 Å². The van der Waals surface area contributed by atoms with Gasteiger partial charge in [-0.15, -0.1) is 0 Å². The third-order valence-corrected chi connectivity index (χ3v) is 6.68. The molecule has 0 saturated heterocycles. The van der Waals surface area contributed by atoms with E-state index in [0.29, 0.717) is 11.5 Å². The molecule has 1 saturated carbocycles. The lowest BCUT2D eigenvalue weighted by Crippen LogP contribution is -2.40. The number of carbonyl (C=O) groups is 1. The number of aromatic nitrogens is 3. The molecule has 0 spiro atoms. The maximum absolute atomic E-state index is 12.2. The van der Waals surface area contributed by atoms with Gasteiger partial charge in [-0.3, -0.25) is 0 Å². The Morgan fingerprint density at radius 3 is 2.49 bits per heavy atom. The Morgan fingerprint density at radius 2 is 1.73 bits per heavy atom. The van der Waals surface area contributed by atoms with Crippen LogP contribution in [0, 0.1) is 0 Å². The maximum Gasteiger partial charge on any atom is 0.407 e. The SMILES string of the molecule is COc1ccc(-c2cnn3ccc(N[C@H]4CC[C@H](NC(=O)OCc5ccccc5)CC4)nc23)cc1OC. The molecule has 0 bridgehead atoms. The summed E-state index contributed by atoms with van der Waals surface area (Å²) in [5, 5.41) is 11.0. The number of rotatable bonds is 8. The van der Waals surface area contributed by atoms with Gasteiger partial charge in [0.25, 0.3) is 0 Å². The van der Waals surface area contributed by atoms with Gasteiger partial charge in [0.1, 0.15) is 12.4 Å². The number of benzene rings is 2. The monoisotopic (exact) mass is 501 g/mol. The molecule has 0 aliphatic heterocycles. The first-order chi connectivity index (χ1) is 18.1. The van der Waals surface area contributed by atoms with Gasteiger partial charge in [0.05, 0.1) is 20.4 Å². The molecular formula is C28H31N5O4. The molecule has 2 aromatic heterocycles. The molecule has 9 nitrogen and oxygen atoms in total. The van der Waals surface area contributed by atoms with Crippen LogP contribution in [0.2, 0.25) is 0 Å². The summed E-state index contributed by atoms with van der Waals surface area (Å²) in [6.07, 6.45) is 6.96. The number of carbonyl (C=O) groups excluding carboxylic acids is 1. The molecule has 1 aliphatic carbocycles. The minimum Gasteiger partial charge on any atom is -0.493 e. The van der Waals surface area contributed by atoms with Crippen LogP contribution in [0.4, 0.5) is 10.6 Å². The second-order valence-electron chi connectivity index (χ2n) is 9.11. The Morgan fingerprint density at radius 1 is 0.973 bits per heavy atom. The van der Waals surface area contributed by atoms with Crippen molar-refractivity contribution in [1.82, 2.24) is 19.9 Å². The van der Waals surface area contributed by atoms with E-state index in [1.165, 1.54) is 0 Å². The Balaban J connectivity index is 1.18. The van der Waals surface area contributed by atoms with E-state index in [9.17, 15) is 4.79 Å². The van der Waals surface area contributed by atoms with Crippen LogP contribution in [0.15, 0.2) is 67.0 Å². The lowest BCUT2D eigenvalue weighted by Gasteiger charge is -2.29. The number of methoxy groups -OCH3 is 2. The Kier molecular flexibility index (Phi) is 7.39. The van der Waals surface area contributed by atoms with Crippen molar-refractivity contribution in [2.75, 3.05) is 19.5 Å². The van der Waals surface area contributed by atoms with E-state index in [0.717, 1.165) is 53.8 Å². The average molecular weight is 502 g/mol. The highest BCUT2D eigenvalue weighted by Gasteiger charge is 2.23. The second kappa shape index (κ2) is 11.2. The third-order valence-electron chi connectivity index (χ3n) is 6.68. The van der Waals surface area contributed by atoms with Gasteiger partial charge in [0.15, 0.2) is 17.1 Å². The number of anilines is 1. The van der Waals surface area contributed by atoms with Crippen molar-refractivity contribution in [3.05, 3.63) is 72.6 Å². The fraction of sp³-hybridized carbons (Fsp3) is 0.321. The van der Waals surface area contributed by atoms with Crippen LogP contribution < -0.4 is 20.1 Å². The summed E-state index contributed by atoms with van der Waals surface area (Å²) in [6.45, 7) is 0.275. The maximum atomic E-state index is 12.2. The van der Waals surface area contributed by atoms with E-state index in [1.807, 2.05) is 60.8 Å². The molecule has 9 heteroatoms. The summed E-state index contributed by atoms with van der Waals surface area (Å²) in [7, 11) is 3.24. The number of hydrogen-bond acceptors (Lipinski definition) is 7. The van der Waals surface area contributed by atoms with Crippen LogP contribution in [-0.2, 0) is 11.3 Å². The molecule has 0 radical (unpaired) electrons. The minimum atomic E-state index is -0.365. The van der Waals surface area contributed by atoms with Gasteiger partial charge < -0.3 is 24.8 Å². The van der Waals surface area contributed by atoms with E-state index < -0.39 is 0 Å². The molecule has 37 heavy (non-hydrogen) atoms. The highest BCUT2D eigenvalue weighted by atomic mass is 16.5. The third kappa shape index (κ3) is 5.77. The zero-order chi connectivity index (χ0) is 25.6. The standard InChI is InChI=1S/C28H31N5O4/c1-35-24-13-8-20(16-25(24)36-2)23-17-29-33-15-14-26(32-27(23)33)30-21-9-11-22(12-10-21)31-28(34)37-18-19-6-4-3-5-7-19/h3-8,13-17,21-22H,9-12,18H2,1-2H3,(H,30,32)(H,31,34)/t21-,22-. The molecule has 1 aliphatic rings. The topological polar surface area (TPSA) is 99.0 Å². The molecule has 2 heterocycles. The fourth-order valence-corrected chi connectivity index (χ4v) is 4.68. The van der Waals surface area contributed by atoms with E-state index in [2.05, 4.69) is 15.7 Å². The summed E-state index contributed by atoms with van der Waals surface area (Å²) >= 11 is 0. The summed E-state index contributed by atoms with van der Waals surface area (Å²) in [6, 6.07) is 17.8. The summed E-state index contributed by atoms with van der Waals surface area (Å²) < 4.78 is 17.9. The van der Waals surface area contributed by atoms with Gasteiger partial charge in [-0.25, -0.2) is 14.3 Å². The molecule has 2 N–H and O–H groups in total. The number of amides is 1. The van der Waals surface area contributed by atoms with Crippen molar-refractivity contribution in [2.45, 2.75) is 44.4 Å². The number of nitrogens with one attached hydrogen (secondary N) is 2. The van der Waals surface area contributed by atoms with Gasteiger partial charge in [-0.1, -0.05) is 36.4 Å². The molecule has 5 rings (SSSR count). The summed E-state index contributed by atoms with van der Waals surface area (Å²) in [4.78, 5) is 17.1. The van der Waals surface area contributed by atoms with Crippen molar-refractivity contribution in [1.29, 1.82) is 0 Å². The smallest absolute Gasteiger partial charge is 0.407 e. The van der Waals surface area contributed by atoms with E-state index in [1.54, 1.807) is 24.9 Å². The number of alkyl carbamates (subject to hydrolysis) is 1. The zero-order valence-electron chi connectivity index (χ0n) is 21.0. The molecule has 1 fully saturated rings. The first kappa shape index (κ1) is 24.4. The molecule has 2 aromatic carbocycles. The van der Waals surface area contributed by atoms with Gasteiger partial charge in [-0.05, 0) is 55.0 Å². The molecule has 0 atom stereocenters. The lowest BCUT2D eigenvalue weighted by atomic mass is 9.91. The first-order valence-electron chi connectivity index (χ1n) is 12.4. The molecule has 4 aromatic rings. The molecular weight excluding hydrogens is 470 g/mol.